The summed E-state index contributed by atoms with van der Waals surface area (Å²) in [7, 11) is 0. The molecule has 0 aromatic carbocycles. The Balaban J connectivity index is 2.01. The lowest BCUT2D eigenvalue weighted by molar-refractivity contribution is 0.0907. The molecule has 0 aliphatic heterocycles. The van der Waals surface area contributed by atoms with E-state index in [4.69, 9.17) is 9.84 Å². The highest BCUT2D eigenvalue weighted by Crippen LogP contribution is 1.98. The molecule has 0 fully saturated rings. The Bertz CT molecular complexity index is 289. The van der Waals surface area contributed by atoms with Gasteiger partial charge in [0.05, 0.1) is 19.4 Å². The van der Waals surface area contributed by atoms with Gasteiger partial charge in [0.15, 0.2) is 0 Å². The Kier molecular flexibility index (Phi) is 7.62. The molecule has 0 saturated carbocycles. The predicted molar refractivity (Wildman–Crippen MR) is 66.7 cm³/mol. The first-order valence-electron chi connectivity index (χ1n) is 6.27. The van der Waals surface area contributed by atoms with E-state index in [0.717, 1.165) is 32.5 Å². The Morgan fingerprint density at radius 1 is 1.47 bits per heavy atom. The number of ether oxygens (including phenoxy) is 1. The van der Waals surface area contributed by atoms with Crippen LogP contribution >= 0.6 is 0 Å². The lowest BCUT2D eigenvalue weighted by Crippen LogP contribution is -2.16. The van der Waals surface area contributed by atoms with Crippen molar-refractivity contribution >= 4 is 0 Å². The Labute approximate surface area is 103 Å². The maximum atomic E-state index is 8.51. The third-order valence-electron chi connectivity index (χ3n) is 2.35. The molecular formula is C12H23N3O2. The predicted octanol–water partition coefficient (Wildman–Crippen LogP) is 0.782. The summed E-state index contributed by atoms with van der Waals surface area (Å²) in [6, 6.07) is 0. The topological polar surface area (TPSA) is 59.3 Å². The van der Waals surface area contributed by atoms with Crippen molar-refractivity contribution in [3.05, 3.63) is 18.0 Å². The molecular weight excluding hydrogens is 218 g/mol. The van der Waals surface area contributed by atoms with Gasteiger partial charge < -0.3 is 15.2 Å². The van der Waals surface area contributed by atoms with Crippen molar-refractivity contribution in [2.45, 2.75) is 32.9 Å². The number of aryl methyl sites for hydroxylation is 1. The Morgan fingerprint density at radius 3 is 3.12 bits per heavy atom. The maximum absolute atomic E-state index is 8.51. The van der Waals surface area contributed by atoms with Crippen molar-refractivity contribution in [3.8, 4) is 0 Å². The van der Waals surface area contributed by atoms with Crippen LogP contribution in [0.15, 0.2) is 12.4 Å². The van der Waals surface area contributed by atoms with E-state index in [0.29, 0.717) is 13.2 Å². The summed E-state index contributed by atoms with van der Waals surface area (Å²) < 4.78 is 7.14. The summed E-state index contributed by atoms with van der Waals surface area (Å²) >= 11 is 0. The van der Waals surface area contributed by atoms with Gasteiger partial charge in [0.25, 0.3) is 0 Å². The summed E-state index contributed by atoms with van der Waals surface area (Å²) in [6.07, 6.45) is 6.06. The molecule has 1 heterocycles. The zero-order valence-electron chi connectivity index (χ0n) is 10.6. The SMILES string of the molecule is CCCn1cc(CNCCCOCCO)cn1. The first-order valence-corrected chi connectivity index (χ1v) is 6.27. The van der Waals surface area contributed by atoms with Gasteiger partial charge in [-0.25, -0.2) is 0 Å². The third-order valence-corrected chi connectivity index (χ3v) is 2.35. The normalized spacial score (nSPS) is 10.9. The van der Waals surface area contributed by atoms with Crippen LogP contribution in [0.3, 0.4) is 0 Å². The molecule has 98 valence electrons. The van der Waals surface area contributed by atoms with Crippen LogP contribution in [0.25, 0.3) is 0 Å². The van der Waals surface area contributed by atoms with Crippen molar-refractivity contribution in [1.29, 1.82) is 0 Å². The summed E-state index contributed by atoms with van der Waals surface area (Å²) in [4.78, 5) is 0. The lowest BCUT2D eigenvalue weighted by Gasteiger charge is -2.03. The van der Waals surface area contributed by atoms with Crippen molar-refractivity contribution in [3.63, 3.8) is 0 Å². The van der Waals surface area contributed by atoms with Gasteiger partial charge in [-0.05, 0) is 19.4 Å². The standard InChI is InChI=1S/C12H23N3O2/c1-2-5-15-11-12(10-14-15)9-13-4-3-7-17-8-6-16/h10-11,13,16H,2-9H2,1H3. The fraction of sp³-hybridized carbons (Fsp3) is 0.750. The van der Waals surface area contributed by atoms with Gasteiger partial charge in [0.2, 0.25) is 0 Å². The molecule has 0 radical (unpaired) electrons. The summed E-state index contributed by atoms with van der Waals surface area (Å²) in [5, 5.41) is 16.1. The maximum Gasteiger partial charge on any atom is 0.0697 e. The molecule has 0 saturated heterocycles. The zero-order valence-corrected chi connectivity index (χ0v) is 10.6. The quantitative estimate of drug-likeness (QED) is 0.594. The molecule has 5 nitrogen and oxygen atoms in total. The lowest BCUT2D eigenvalue weighted by atomic mass is 10.3. The average molecular weight is 241 g/mol. The van der Waals surface area contributed by atoms with E-state index >= 15 is 0 Å². The first kappa shape index (κ1) is 14.2. The van der Waals surface area contributed by atoms with Crippen LogP contribution in [0.1, 0.15) is 25.3 Å². The van der Waals surface area contributed by atoms with Gasteiger partial charge in [0, 0.05) is 31.5 Å². The van der Waals surface area contributed by atoms with E-state index in [9.17, 15) is 0 Å². The van der Waals surface area contributed by atoms with Gasteiger partial charge in [-0.15, -0.1) is 0 Å². The average Bonchev–Trinajstić information content (AvgIpc) is 2.76. The number of aliphatic hydroxyl groups is 1. The molecule has 5 heteroatoms. The van der Waals surface area contributed by atoms with E-state index in [-0.39, 0.29) is 6.61 Å². The second-order valence-corrected chi connectivity index (χ2v) is 3.98. The highest BCUT2D eigenvalue weighted by atomic mass is 16.5. The van der Waals surface area contributed by atoms with E-state index in [1.807, 2.05) is 10.9 Å². The van der Waals surface area contributed by atoms with Crippen molar-refractivity contribution < 1.29 is 9.84 Å². The highest BCUT2D eigenvalue weighted by molar-refractivity contribution is 5.03. The van der Waals surface area contributed by atoms with Crippen LogP contribution < -0.4 is 5.32 Å². The number of hydrogen-bond acceptors (Lipinski definition) is 4. The molecule has 0 unspecified atom stereocenters. The smallest absolute Gasteiger partial charge is 0.0697 e. The molecule has 2 N–H and O–H groups in total. The fourth-order valence-corrected chi connectivity index (χ4v) is 1.55. The molecule has 0 bridgehead atoms. The second kappa shape index (κ2) is 9.15. The number of nitrogens with zero attached hydrogens (tertiary/aromatic N) is 2. The van der Waals surface area contributed by atoms with Gasteiger partial charge >= 0.3 is 0 Å². The molecule has 0 aliphatic rings. The summed E-state index contributed by atoms with van der Waals surface area (Å²) in [6.45, 7) is 6.13. The van der Waals surface area contributed by atoms with Gasteiger partial charge in [-0.2, -0.15) is 5.10 Å². The van der Waals surface area contributed by atoms with E-state index < -0.39 is 0 Å². The minimum absolute atomic E-state index is 0.101. The van der Waals surface area contributed by atoms with Crippen LogP contribution in [-0.4, -0.2) is 41.3 Å². The molecule has 1 aromatic rings. The summed E-state index contributed by atoms with van der Waals surface area (Å²) in [5.74, 6) is 0. The molecule has 1 aromatic heterocycles. The largest absolute Gasteiger partial charge is 0.394 e. The second-order valence-electron chi connectivity index (χ2n) is 3.98. The van der Waals surface area contributed by atoms with Gasteiger partial charge in [-0.1, -0.05) is 6.92 Å². The first-order chi connectivity index (χ1) is 8.36. The van der Waals surface area contributed by atoms with Crippen LogP contribution in [0, 0.1) is 0 Å². The number of rotatable bonds is 10. The highest BCUT2D eigenvalue weighted by Gasteiger charge is 1.97. The molecule has 17 heavy (non-hydrogen) atoms. The minimum Gasteiger partial charge on any atom is -0.394 e. The van der Waals surface area contributed by atoms with E-state index in [1.165, 1.54) is 5.56 Å². The molecule has 0 spiro atoms. The summed E-state index contributed by atoms with van der Waals surface area (Å²) in [5.41, 5.74) is 1.22. The minimum atomic E-state index is 0.101. The number of aromatic nitrogens is 2. The van der Waals surface area contributed by atoms with Crippen LogP contribution in [-0.2, 0) is 17.8 Å². The zero-order chi connectivity index (χ0) is 12.3. The molecule has 1 rings (SSSR count). The monoisotopic (exact) mass is 241 g/mol. The van der Waals surface area contributed by atoms with Crippen LogP contribution in [0.4, 0.5) is 0 Å². The van der Waals surface area contributed by atoms with Gasteiger partial charge in [-0.3, -0.25) is 4.68 Å². The molecule has 0 aliphatic carbocycles. The third kappa shape index (κ3) is 6.41. The molecule has 0 amide bonds. The van der Waals surface area contributed by atoms with Crippen molar-refractivity contribution in [2.75, 3.05) is 26.4 Å². The Hall–Kier alpha value is -0.910. The van der Waals surface area contributed by atoms with E-state index in [1.54, 1.807) is 0 Å². The number of aliphatic hydroxyl groups excluding tert-OH is 1. The van der Waals surface area contributed by atoms with Crippen molar-refractivity contribution in [2.24, 2.45) is 0 Å². The van der Waals surface area contributed by atoms with Crippen molar-refractivity contribution in [1.82, 2.24) is 15.1 Å². The fourth-order valence-electron chi connectivity index (χ4n) is 1.55. The number of nitrogens with one attached hydrogen (secondary N) is 1. The Morgan fingerprint density at radius 2 is 2.35 bits per heavy atom. The number of hydrogen-bond donors (Lipinski definition) is 2. The van der Waals surface area contributed by atoms with Crippen LogP contribution in [0.2, 0.25) is 0 Å². The molecule has 0 atom stereocenters. The van der Waals surface area contributed by atoms with E-state index in [2.05, 4.69) is 23.5 Å². The van der Waals surface area contributed by atoms with Crippen LogP contribution in [0.5, 0.6) is 0 Å². The van der Waals surface area contributed by atoms with Gasteiger partial charge in [0.1, 0.15) is 0 Å².